The zero-order valence-corrected chi connectivity index (χ0v) is 13.8. The van der Waals surface area contributed by atoms with Crippen LogP contribution in [-0.4, -0.2) is 55.1 Å². The van der Waals surface area contributed by atoms with E-state index in [1.165, 1.54) is 31.5 Å². The third-order valence-corrected chi connectivity index (χ3v) is 4.84. The lowest BCUT2D eigenvalue weighted by molar-refractivity contribution is 0.249. The molecule has 0 saturated heterocycles. The summed E-state index contributed by atoms with van der Waals surface area (Å²) < 4.78 is 0. The van der Waals surface area contributed by atoms with Crippen LogP contribution in [0.25, 0.3) is 0 Å². The number of thiophene rings is 1. The summed E-state index contributed by atoms with van der Waals surface area (Å²) >= 11 is 1.81. The van der Waals surface area contributed by atoms with Crippen LogP contribution < -0.4 is 5.32 Å². The summed E-state index contributed by atoms with van der Waals surface area (Å²) in [5, 5.41) is 8.06. The first-order valence-electron chi connectivity index (χ1n) is 8.01. The van der Waals surface area contributed by atoms with E-state index >= 15 is 0 Å². The molecule has 1 aromatic rings. The molecule has 1 N–H and O–H groups in total. The van der Waals surface area contributed by atoms with Gasteiger partial charge in [0, 0.05) is 38.8 Å². The Labute approximate surface area is 128 Å². The van der Waals surface area contributed by atoms with Crippen LogP contribution in [0.4, 0.5) is 0 Å². The molecular formula is C16H29N3S. The Morgan fingerprint density at radius 3 is 2.55 bits per heavy atom. The maximum absolute atomic E-state index is 3.60. The second-order valence-electron chi connectivity index (χ2n) is 5.61. The first-order valence-corrected chi connectivity index (χ1v) is 8.96. The van der Waals surface area contributed by atoms with Gasteiger partial charge in [0.15, 0.2) is 0 Å². The minimum atomic E-state index is 0.847. The predicted octanol–water partition coefficient (Wildman–Crippen LogP) is 2.64. The fourth-order valence-electron chi connectivity index (χ4n) is 2.57. The molecule has 3 nitrogen and oxygen atoms in total. The van der Waals surface area contributed by atoms with Gasteiger partial charge in [-0.05, 0) is 48.3 Å². The Kier molecular flexibility index (Phi) is 7.00. The molecule has 1 aliphatic carbocycles. The highest BCUT2D eigenvalue weighted by atomic mass is 32.1. The third-order valence-electron chi connectivity index (χ3n) is 4.10. The maximum Gasteiger partial charge on any atom is 0.0245 e. The second kappa shape index (κ2) is 8.78. The monoisotopic (exact) mass is 295 g/mol. The summed E-state index contributed by atoms with van der Waals surface area (Å²) in [4.78, 5) is 5.11. The molecule has 4 heteroatoms. The lowest BCUT2D eigenvalue weighted by Crippen LogP contribution is -2.37. The molecule has 0 unspecified atom stereocenters. The molecule has 0 radical (unpaired) electrons. The molecule has 0 aromatic carbocycles. The van der Waals surface area contributed by atoms with Crippen molar-refractivity contribution >= 4 is 11.3 Å². The number of rotatable bonds is 11. The number of likely N-dealkylation sites (N-methyl/N-ethyl adjacent to an activating group) is 1. The smallest absolute Gasteiger partial charge is 0.0245 e. The van der Waals surface area contributed by atoms with Gasteiger partial charge in [-0.15, -0.1) is 0 Å². The van der Waals surface area contributed by atoms with Crippen molar-refractivity contribution < 1.29 is 0 Å². The van der Waals surface area contributed by atoms with E-state index in [2.05, 4.69) is 45.8 Å². The Balaban J connectivity index is 1.60. The van der Waals surface area contributed by atoms with E-state index in [4.69, 9.17) is 0 Å². The third kappa shape index (κ3) is 5.52. The van der Waals surface area contributed by atoms with Crippen molar-refractivity contribution in [2.45, 2.75) is 39.3 Å². The predicted molar refractivity (Wildman–Crippen MR) is 88.4 cm³/mol. The molecule has 1 aromatic heterocycles. The van der Waals surface area contributed by atoms with Crippen molar-refractivity contribution in [3.63, 3.8) is 0 Å². The minimum Gasteiger partial charge on any atom is -0.314 e. The van der Waals surface area contributed by atoms with Gasteiger partial charge in [0.05, 0.1) is 0 Å². The van der Waals surface area contributed by atoms with Crippen molar-refractivity contribution in [2.24, 2.45) is 0 Å². The first-order chi connectivity index (χ1) is 9.83. The van der Waals surface area contributed by atoms with Gasteiger partial charge in [-0.1, -0.05) is 13.8 Å². The molecule has 0 spiro atoms. The Morgan fingerprint density at radius 2 is 1.95 bits per heavy atom. The number of nitrogens with zero attached hydrogens (tertiary/aromatic N) is 2. The average Bonchev–Trinajstić information content (AvgIpc) is 3.19. The second-order valence-corrected chi connectivity index (χ2v) is 6.39. The van der Waals surface area contributed by atoms with E-state index in [9.17, 15) is 0 Å². The first kappa shape index (κ1) is 16.0. The van der Waals surface area contributed by atoms with Crippen LogP contribution in [0.5, 0.6) is 0 Å². The summed E-state index contributed by atoms with van der Waals surface area (Å²) in [7, 11) is 0. The van der Waals surface area contributed by atoms with Crippen molar-refractivity contribution in [3.05, 3.63) is 22.4 Å². The van der Waals surface area contributed by atoms with Gasteiger partial charge >= 0.3 is 0 Å². The van der Waals surface area contributed by atoms with Gasteiger partial charge in [0.2, 0.25) is 0 Å². The van der Waals surface area contributed by atoms with Gasteiger partial charge in [0.25, 0.3) is 0 Å². The van der Waals surface area contributed by atoms with Crippen LogP contribution in [0.15, 0.2) is 16.8 Å². The van der Waals surface area contributed by atoms with Crippen molar-refractivity contribution in [2.75, 3.05) is 39.3 Å². The quantitative estimate of drug-likeness (QED) is 0.633. The standard InChI is InChI=1S/C16H29N3S/c1-3-18(4-2)10-8-17-9-11-19(16-5-6-16)13-15-7-12-20-14-15/h7,12,14,16-17H,3-6,8-11,13H2,1-2H3. The highest BCUT2D eigenvalue weighted by Crippen LogP contribution is 2.28. The van der Waals surface area contributed by atoms with Gasteiger partial charge in [-0.3, -0.25) is 4.90 Å². The molecule has 0 amide bonds. The molecule has 2 rings (SSSR count). The molecular weight excluding hydrogens is 266 g/mol. The van der Waals surface area contributed by atoms with Crippen LogP contribution in [0.1, 0.15) is 32.3 Å². The summed E-state index contributed by atoms with van der Waals surface area (Å²) in [6.07, 6.45) is 2.78. The number of nitrogens with one attached hydrogen (secondary N) is 1. The van der Waals surface area contributed by atoms with E-state index < -0.39 is 0 Å². The summed E-state index contributed by atoms with van der Waals surface area (Å²) in [5.41, 5.74) is 1.48. The van der Waals surface area contributed by atoms with Crippen LogP contribution in [0.3, 0.4) is 0 Å². The molecule has 0 atom stereocenters. The normalized spacial score (nSPS) is 15.4. The van der Waals surface area contributed by atoms with Gasteiger partial charge in [-0.2, -0.15) is 11.3 Å². The fraction of sp³-hybridized carbons (Fsp3) is 0.750. The number of hydrogen-bond donors (Lipinski definition) is 1. The highest BCUT2D eigenvalue weighted by Gasteiger charge is 2.28. The zero-order valence-electron chi connectivity index (χ0n) is 13.0. The van der Waals surface area contributed by atoms with Gasteiger partial charge < -0.3 is 10.2 Å². The largest absolute Gasteiger partial charge is 0.314 e. The van der Waals surface area contributed by atoms with Crippen LogP contribution in [0.2, 0.25) is 0 Å². The molecule has 114 valence electrons. The summed E-state index contributed by atoms with van der Waals surface area (Å²) in [5.74, 6) is 0. The van der Waals surface area contributed by atoms with E-state index in [1.54, 1.807) is 11.3 Å². The van der Waals surface area contributed by atoms with Crippen LogP contribution >= 0.6 is 11.3 Å². The molecule has 20 heavy (non-hydrogen) atoms. The van der Waals surface area contributed by atoms with Crippen LogP contribution in [-0.2, 0) is 6.54 Å². The maximum atomic E-state index is 3.60. The van der Waals surface area contributed by atoms with E-state index in [0.29, 0.717) is 0 Å². The zero-order chi connectivity index (χ0) is 14.2. The Bertz CT molecular complexity index is 345. The lowest BCUT2D eigenvalue weighted by Gasteiger charge is -2.22. The molecule has 1 fully saturated rings. The summed E-state index contributed by atoms with van der Waals surface area (Å²) in [6.45, 7) is 12.5. The summed E-state index contributed by atoms with van der Waals surface area (Å²) in [6, 6.07) is 3.10. The highest BCUT2D eigenvalue weighted by molar-refractivity contribution is 7.07. The minimum absolute atomic E-state index is 0.847. The van der Waals surface area contributed by atoms with Crippen molar-refractivity contribution in [1.82, 2.24) is 15.1 Å². The lowest BCUT2D eigenvalue weighted by atomic mass is 10.3. The molecule has 0 aliphatic heterocycles. The molecule has 0 bridgehead atoms. The topological polar surface area (TPSA) is 18.5 Å². The average molecular weight is 295 g/mol. The van der Waals surface area contributed by atoms with Crippen LogP contribution in [0, 0.1) is 0 Å². The van der Waals surface area contributed by atoms with Crippen molar-refractivity contribution in [1.29, 1.82) is 0 Å². The Hall–Kier alpha value is -0.420. The van der Waals surface area contributed by atoms with E-state index in [0.717, 1.165) is 38.8 Å². The SMILES string of the molecule is CCN(CC)CCNCCN(Cc1ccsc1)C1CC1. The number of hydrogen-bond acceptors (Lipinski definition) is 4. The molecule has 1 saturated carbocycles. The Morgan fingerprint density at radius 1 is 1.20 bits per heavy atom. The molecule has 1 heterocycles. The van der Waals surface area contributed by atoms with Crippen molar-refractivity contribution in [3.8, 4) is 0 Å². The fourth-order valence-corrected chi connectivity index (χ4v) is 3.23. The van der Waals surface area contributed by atoms with E-state index in [1.807, 2.05) is 0 Å². The van der Waals surface area contributed by atoms with E-state index in [-0.39, 0.29) is 0 Å². The van der Waals surface area contributed by atoms with Gasteiger partial charge in [0.1, 0.15) is 0 Å². The molecule has 1 aliphatic rings. The van der Waals surface area contributed by atoms with Gasteiger partial charge in [-0.25, -0.2) is 0 Å².